The van der Waals surface area contributed by atoms with Gasteiger partial charge in [0.25, 0.3) is 0 Å². The van der Waals surface area contributed by atoms with E-state index in [0.29, 0.717) is 12.2 Å². The monoisotopic (exact) mass is 283 g/mol. The molecule has 0 aliphatic rings. The van der Waals surface area contributed by atoms with Gasteiger partial charge in [0.05, 0.1) is 12.2 Å². The van der Waals surface area contributed by atoms with Gasteiger partial charge < -0.3 is 9.64 Å². The number of hydrogen-bond donors (Lipinski definition) is 0. The van der Waals surface area contributed by atoms with E-state index in [1.165, 1.54) is 5.56 Å². The summed E-state index contributed by atoms with van der Waals surface area (Å²) in [7, 11) is 2.05. The first-order valence-corrected chi connectivity index (χ1v) is 7.14. The second-order valence-corrected chi connectivity index (χ2v) is 5.06. The van der Waals surface area contributed by atoms with Gasteiger partial charge >= 0.3 is 5.97 Å². The maximum absolute atomic E-state index is 11.8. The summed E-state index contributed by atoms with van der Waals surface area (Å²) in [6, 6.07) is 16.1. The number of carbonyl (C=O) groups is 1. The Kier molecular flexibility index (Phi) is 4.99. The van der Waals surface area contributed by atoms with Crippen molar-refractivity contribution in [2.24, 2.45) is 0 Å². The third kappa shape index (κ3) is 3.85. The lowest BCUT2D eigenvalue weighted by atomic mass is 10.1. The average molecular weight is 283 g/mol. The van der Waals surface area contributed by atoms with Crippen LogP contribution in [0.5, 0.6) is 0 Å². The molecule has 21 heavy (non-hydrogen) atoms. The molecule has 2 rings (SSSR count). The molecule has 3 heteroatoms. The van der Waals surface area contributed by atoms with E-state index in [-0.39, 0.29) is 5.97 Å². The van der Waals surface area contributed by atoms with Crippen molar-refractivity contribution in [3.8, 4) is 0 Å². The lowest BCUT2D eigenvalue weighted by Crippen LogP contribution is -2.17. The van der Waals surface area contributed by atoms with Crippen LogP contribution in [0.1, 0.15) is 28.4 Å². The van der Waals surface area contributed by atoms with Gasteiger partial charge in [-0.1, -0.05) is 30.3 Å². The van der Waals surface area contributed by atoms with Crippen LogP contribution in [0.2, 0.25) is 0 Å². The molecule has 0 N–H and O–H groups in total. The van der Waals surface area contributed by atoms with Gasteiger partial charge in [-0.05, 0) is 43.2 Å². The first-order valence-electron chi connectivity index (χ1n) is 7.14. The normalized spacial score (nSPS) is 10.2. The molecule has 0 aliphatic heterocycles. The van der Waals surface area contributed by atoms with Crippen molar-refractivity contribution in [1.82, 2.24) is 0 Å². The van der Waals surface area contributed by atoms with Gasteiger partial charge in [-0.2, -0.15) is 0 Å². The van der Waals surface area contributed by atoms with E-state index in [1.54, 1.807) is 0 Å². The first kappa shape index (κ1) is 15.1. The minimum absolute atomic E-state index is 0.257. The molecule has 3 nitrogen and oxygen atoms in total. The fourth-order valence-corrected chi connectivity index (χ4v) is 2.27. The summed E-state index contributed by atoms with van der Waals surface area (Å²) in [6.07, 6.45) is 0. The van der Waals surface area contributed by atoms with Gasteiger partial charge in [-0.3, -0.25) is 0 Å². The highest BCUT2D eigenvalue weighted by atomic mass is 16.5. The Bertz CT molecular complexity index is 608. The Labute approximate surface area is 126 Å². The molecule has 0 bridgehead atoms. The third-order valence-corrected chi connectivity index (χ3v) is 3.41. The van der Waals surface area contributed by atoms with Crippen LogP contribution >= 0.6 is 0 Å². The van der Waals surface area contributed by atoms with Crippen molar-refractivity contribution in [2.75, 3.05) is 18.6 Å². The molecule has 0 aliphatic carbocycles. The number of anilines is 1. The molecule has 110 valence electrons. The molecule has 0 saturated heterocycles. The zero-order chi connectivity index (χ0) is 15.2. The van der Waals surface area contributed by atoms with Crippen LogP contribution in [0.4, 0.5) is 5.69 Å². The Hall–Kier alpha value is -2.29. The summed E-state index contributed by atoms with van der Waals surface area (Å²) < 4.78 is 5.05. The van der Waals surface area contributed by atoms with Gasteiger partial charge in [0, 0.05) is 19.3 Å². The van der Waals surface area contributed by atoms with Crippen LogP contribution in [-0.4, -0.2) is 19.6 Å². The summed E-state index contributed by atoms with van der Waals surface area (Å²) in [6.45, 7) is 4.98. The molecule has 0 amide bonds. The summed E-state index contributed by atoms with van der Waals surface area (Å²) in [4.78, 5) is 14.0. The second-order valence-electron chi connectivity index (χ2n) is 5.06. The molecule has 0 spiro atoms. The third-order valence-electron chi connectivity index (χ3n) is 3.41. The first-order chi connectivity index (χ1) is 10.1. The fourth-order valence-electron chi connectivity index (χ4n) is 2.27. The lowest BCUT2D eigenvalue weighted by molar-refractivity contribution is 0.0525. The maximum Gasteiger partial charge on any atom is 0.338 e. The highest BCUT2D eigenvalue weighted by molar-refractivity contribution is 5.91. The Balaban J connectivity index is 2.14. The zero-order valence-electron chi connectivity index (χ0n) is 12.8. The number of esters is 1. The highest BCUT2D eigenvalue weighted by Gasteiger charge is 2.11. The van der Waals surface area contributed by atoms with Crippen molar-refractivity contribution >= 4 is 11.7 Å². The zero-order valence-corrected chi connectivity index (χ0v) is 12.8. The molecule has 2 aromatic rings. The highest BCUT2D eigenvalue weighted by Crippen LogP contribution is 2.20. The number of nitrogens with zero attached hydrogens (tertiary/aromatic N) is 1. The van der Waals surface area contributed by atoms with E-state index in [4.69, 9.17) is 4.74 Å². The predicted molar refractivity (Wildman–Crippen MR) is 85.7 cm³/mol. The number of benzene rings is 2. The molecular weight excluding hydrogens is 262 g/mol. The van der Waals surface area contributed by atoms with E-state index < -0.39 is 0 Å². The maximum atomic E-state index is 11.8. The smallest absolute Gasteiger partial charge is 0.338 e. The van der Waals surface area contributed by atoms with E-state index >= 15 is 0 Å². The van der Waals surface area contributed by atoms with E-state index in [2.05, 4.69) is 17.0 Å². The molecule has 0 saturated carbocycles. The molecule has 0 atom stereocenters. The summed E-state index contributed by atoms with van der Waals surface area (Å²) >= 11 is 0. The minimum atomic E-state index is -0.257. The Morgan fingerprint density at radius 3 is 2.48 bits per heavy atom. The molecule has 0 fully saturated rings. The molecule has 0 radical (unpaired) electrons. The lowest BCUT2D eigenvalue weighted by Gasteiger charge is -2.20. The fraction of sp³-hybridized carbons (Fsp3) is 0.278. The van der Waals surface area contributed by atoms with Crippen molar-refractivity contribution in [3.05, 3.63) is 65.2 Å². The topological polar surface area (TPSA) is 29.5 Å². The quantitative estimate of drug-likeness (QED) is 0.782. The predicted octanol–water partition coefficient (Wildman–Crippen LogP) is 3.81. The molecule has 0 heterocycles. The Morgan fingerprint density at radius 2 is 1.86 bits per heavy atom. The van der Waals surface area contributed by atoms with Crippen molar-refractivity contribution in [1.29, 1.82) is 0 Å². The van der Waals surface area contributed by atoms with E-state index in [9.17, 15) is 4.79 Å². The summed E-state index contributed by atoms with van der Waals surface area (Å²) in [5, 5.41) is 0. The van der Waals surface area contributed by atoms with Crippen LogP contribution in [-0.2, 0) is 11.3 Å². The van der Waals surface area contributed by atoms with E-state index in [1.807, 2.05) is 57.3 Å². The SMILES string of the molecule is CCOC(=O)c1ccc(N(C)Cc2ccccc2)cc1C. The van der Waals surface area contributed by atoms with Gasteiger partial charge in [-0.25, -0.2) is 4.79 Å². The van der Waals surface area contributed by atoms with Crippen LogP contribution in [0, 0.1) is 6.92 Å². The van der Waals surface area contributed by atoms with Gasteiger partial charge in [0.15, 0.2) is 0 Å². The number of carbonyl (C=O) groups excluding carboxylic acids is 1. The van der Waals surface area contributed by atoms with Crippen molar-refractivity contribution in [2.45, 2.75) is 20.4 Å². The standard InChI is InChI=1S/C18H21NO2/c1-4-21-18(20)17-11-10-16(12-14(17)2)19(3)13-15-8-6-5-7-9-15/h5-12H,4,13H2,1-3H3. The van der Waals surface area contributed by atoms with Crippen molar-refractivity contribution in [3.63, 3.8) is 0 Å². The molecule has 0 aromatic heterocycles. The number of ether oxygens (including phenoxy) is 1. The molecular formula is C18H21NO2. The van der Waals surface area contributed by atoms with Crippen LogP contribution in [0.15, 0.2) is 48.5 Å². The van der Waals surface area contributed by atoms with Crippen LogP contribution in [0.25, 0.3) is 0 Å². The summed E-state index contributed by atoms with van der Waals surface area (Å²) in [5.74, 6) is -0.257. The molecule has 2 aromatic carbocycles. The van der Waals surface area contributed by atoms with Gasteiger partial charge in [0.1, 0.15) is 0 Å². The molecule has 0 unspecified atom stereocenters. The number of hydrogen-bond acceptors (Lipinski definition) is 3. The van der Waals surface area contributed by atoms with Crippen LogP contribution in [0.3, 0.4) is 0 Å². The van der Waals surface area contributed by atoms with E-state index in [0.717, 1.165) is 17.8 Å². The minimum Gasteiger partial charge on any atom is -0.462 e. The summed E-state index contributed by atoms with van der Waals surface area (Å²) in [5.41, 5.74) is 3.91. The average Bonchev–Trinajstić information content (AvgIpc) is 2.48. The van der Waals surface area contributed by atoms with Gasteiger partial charge in [-0.15, -0.1) is 0 Å². The number of aryl methyl sites for hydroxylation is 1. The largest absolute Gasteiger partial charge is 0.462 e. The number of rotatable bonds is 5. The second kappa shape index (κ2) is 6.93. The van der Waals surface area contributed by atoms with Crippen molar-refractivity contribution < 1.29 is 9.53 Å². The van der Waals surface area contributed by atoms with Crippen LogP contribution < -0.4 is 4.90 Å². The Morgan fingerprint density at radius 1 is 1.14 bits per heavy atom. The van der Waals surface area contributed by atoms with Gasteiger partial charge in [0.2, 0.25) is 0 Å².